The molecule has 0 aliphatic heterocycles. The predicted molar refractivity (Wildman–Crippen MR) is 83.9 cm³/mol. The van der Waals surface area contributed by atoms with Gasteiger partial charge in [0.25, 0.3) is 0 Å². The third-order valence-electron chi connectivity index (χ3n) is 3.13. The van der Waals surface area contributed by atoms with Gasteiger partial charge in [-0.3, -0.25) is 4.79 Å². The fourth-order valence-corrected chi connectivity index (χ4v) is 1.94. The van der Waals surface area contributed by atoms with Crippen LogP contribution in [-0.2, 0) is 4.79 Å². The van der Waals surface area contributed by atoms with E-state index < -0.39 is 5.54 Å². The second-order valence-corrected chi connectivity index (χ2v) is 5.27. The van der Waals surface area contributed by atoms with Crippen LogP contribution in [0.1, 0.15) is 20.8 Å². The van der Waals surface area contributed by atoms with Gasteiger partial charge < -0.3 is 10.6 Å². The number of hydrogen-bond acceptors (Lipinski definition) is 4. The number of aromatic nitrogens is 2. The number of hydrogen-bond donors (Lipinski definition) is 2. The van der Waals surface area contributed by atoms with E-state index in [1.807, 2.05) is 51.1 Å². The number of anilines is 1. The molecule has 0 aliphatic carbocycles. The molecule has 0 spiro atoms. The molecule has 0 radical (unpaired) electrons. The first-order valence-corrected chi connectivity index (χ1v) is 6.97. The van der Waals surface area contributed by atoms with Crippen molar-refractivity contribution in [3.8, 4) is 11.4 Å². The summed E-state index contributed by atoms with van der Waals surface area (Å²) in [5.74, 6) is 0.528. The smallest absolute Gasteiger partial charge is 0.244 e. The summed E-state index contributed by atoms with van der Waals surface area (Å²) < 4.78 is 0. The van der Waals surface area contributed by atoms with Crippen LogP contribution in [0.25, 0.3) is 11.4 Å². The lowest BCUT2D eigenvalue weighted by Crippen LogP contribution is -2.49. The molecule has 110 valence electrons. The van der Waals surface area contributed by atoms with Crippen molar-refractivity contribution in [2.45, 2.75) is 26.3 Å². The van der Waals surface area contributed by atoms with Crippen LogP contribution in [0, 0.1) is 0 Å². The van der Waals surface area contributed by atoms with Crippen molar-refractivity contribution in [1.29, 1.82) is 0 Å². The molecule has 21 heavy (non-hydrogen) atoms. The summed E-state index contributed by atoms with van der Waals surface area (Å²) in [4.78, 5) is 20.7. The van der Waals surface area contributed by atoms with Crippen molar-refractivity contribution in [3.63, 3.8) is 0 Å². The Bertz CT molecular complexity index is 593. The van der Waals surface area contributed by atoms with E-state index in [1.54, 1.807) is 12.4 Å². The van der Waals surface area contributed by atoms with Crippen molar-refractivity contribution >= 4 is 11.6 Å². The van der Waals surface area contributed by atoms with Gasteiger partial charge in [0.2, 0.25) is 5.91 Å². The molecular weight excluding hydrogens is 264 g/mol. The highest BCUT2D eigenvalue weighted by molar-refractivity contribution is 5.97. The van der Waals surface area contributed by atoms with Gasteiger partial charge in [-0.1, -0.05) is 37.3 Å². The first-order chi connectivity index (χ1) is 10.0. The minimum Gasteiger partial charge on any atom is -0.322 e. The largest absolute Gasteiger partial charge is 0.322 e. The molecule has 0 atom stereocenters. The Kier molecular flexibility index (Phi) is 4.65. The maximum atomic E-state index is 12.1. The lowest BCUT2D eigenvalue weighted by Gasteiger charge is -2.24. The molecule has 1 aromatic carbocycles. The maximum Gasteiger partial charge on any atom is 0.244 e. The highest BCUT2D eigenvalue weighted by atomic mass is 16.2. The van der Waals surface area contributed by atoms with Crippen molar-refractivity contribution in [2.75, 3.05) is 11.9 Å². The highest BCUT2D eigenvalue weighted by Gasteiger charge is 2.26. The Hall–Kier alpha value is -2.27. The molecule has 0 bridgehead atoms. The summed E-state index contributed by atoms with van der Waals surface area (Å²) in [6.45, 7) is 6.37. The average Bonchev–Trinajstić information content (AvgIpc) is 2.49. The second-order valence-electron chi connectivity index (χ2n) is 5.27. The molecule has 0 saturated carbocycles. The molecule has 0 aliphatic rings. The van der Waals surface area contributed by atoms with Crippen molar-refractivity contribution in [2.24, 2.45) is 0 Å². The second kappa shape index (κ2) is 6.45. The van der Waals surface area contributed by atoms with E-state index in [-0.39, 0.29) is 5.91 Å². The van der Waals surface area contributed by atoms with E-state index in [4.69, 9.17) is 0 Å². The summed E-state index contributed by atoms with van der Waals surface area (Å²) in [5.41, 5.74) is 0.904. The predicted octanol–water partition coefficient (Wildman–Crippen LogP) is 2.47. The molecule has 0 fully saturated rings. The van der Waals surface area contributed by atoms with Crippen molar-refractivity contribution in [3.05, 3.63) is 42.7 Å². The summed E-state index contributed by atoms with van der Waals surface area (Å²) in [7, 11) is 0. The summed E-state index contributed by atoms with van der Waals surface area (Å²) in [5, 5.41) is 5.95. The first kappa shape index (κ1) is 15.1. The monoisotopic (exact) mass is 284 g/mol. The van der Waals surface area contributed by atoms with Crippen LogP contribution in [-0.4, -0.2) is 28.0 Å². The van der Waals surface area contributed by atoms with Gasteiger partial charge in [0.1, 0.15) is 0 Å². The molecule has 1 heterocycles. The number of likely N-dealkylation sites (N-methyl/N-ethyl adjacent to an activating group) is 1. The normalized spacial score (nSPS) is 11.2. The van der Waals surface area contributed by atoms with Crippen LogP contribution in [0.15, 0.2) is 42.7 Å². The molecule has 5 heteroatoms. The number of benzene rings is 1. The highest BCUT2D eigenvalue weighted by Crippen LogP contribution is 2.15. The molecule has 0 unspecified atom stereocenters. The van der Waals surface area contributed by atoms with E-state index in [0.29, 0.717) is 11.5 Å². The van der Waals surface area contributed by atoms with E-state index in [1.165, 1.54) is 0 Å². The summed E-state index contributed by atoms with van der Waals surface area (Å²) in [6, 6.07) is 9.71. The van der Waals surface area contributed by atoms with Gasteiger partial charge in [-0.25, -0.2) is 9.97 Å². The molecular formula is C16H20N4O. The minimum atomic E-state index is -0.632. The van der Waals surface area contributed by atoms with E-state index in [2.05, 4.69) is 20.6 Å². The lowest BCUT2D eigenvalue weighted by molar-refractivity contribution is -0.121. The Morgan fingerprint density at radius 1 is 1.14 bits per heavy atom. The molecule has 2 N–H and O–H groups in total. The van der Waals surface area contributed by atoms with Gasteiger partial charge in [-0.05, 0) is 20.4 Å². The van der Waals surface area contributed by atoms with Crippen LogP contribution in [0.4, 0.5) is 5.69 Å². The topological polar surface area (TPSA) is 66.9 Å². The van der Waals surface area contributed by atoms with E-state index in [9.17, 15) is 4.79 Å². The molecule has 1 amide bonds. The van der Waals surface area contributed by atoms with Gasteiger partial charge in [-0.15, -0.1) is 0 Å². The fourth-order valence-electron chi connectivity index (χ4n) is 1.94. The number of nitrogens with zero attached hydrogens (tertiary/aromatic N) is 2. The molecule has 0 saturated heterocycles. The quantitative estimate of drug-likeness (QED) is 0.885. The number of carbonyl (C=O) groups is 1. The summed E-state index contributed by atoms with van der Waals surface area (Å²) in [6.07, 6.45) is 3.24. The van der Waals surface area contributed by atoms with Crippen LogP contribution in [0.5, 0.6) is 0 Å². The standard InChI is InChI=1S/C16H20N4O/c1-4-19-16(2,3)15(21)20-13-10-17-14(18-11-13)12-8-6-5-7-9-12/h5-11,19H,4H2,1-3H3,(H,20,21). The fraction of sp³-hybridized carbons (Fsp3) is 0.312. The van der Waals surface area contributed by atoms with Crippen molar-refractivity contribution < 1.29 is 4.79 Å². The SMILES string of the molecule is CCNC(C)(C)C(=O)Nc1cnc(-c2ccccc2)nc1. The molecule has 5 nitrogen and oxygen atoms in total. The van der Waals surface area contributed by atoms with Crippen LogP contribution >= 0.6 is 0 Å². The summed E-state index contributed by atoms with van der Waals surface area (Å²) >= 11 is 0. The zero-order valence-electron chi connectivity index (χ0n) is 12.6. The number of carbonyl (C=O) groups excluding carboxylic acids is 1. The Morgan fingerprint density at radius 3 is 2.33 bits per heavy atom. The lowest BCUT2D eigenvalue weighted by atomic mass is 10.0. The third-order valence-corrected chi connectivity index (χ3v) is 3.13. The van der Waals surface area contributed by atoms with E-state index in [0.717, 1.165) is 12.1 Å². The van der Waals surface area contributed by atoms with Crippen molar-refractivity contribution in [1.82, 2.24) is 15.3 Å². The number of amides is 1. The van der Waals surface area contributed by atoms with E-state index >= 15 is 0 Å². The number of nitrogens with one attached hydrogen (secondary N) is 2. The van der Waals surface area contributed by atoms with Crippen LogP contribution in [0.3, 0.4) is 0 Å². The van der Waals surface area contributed by atoms with Crippen LogP contribution in [0.2, 0.25) is 0 Å². The van der Waals surface area contributed by atoms with Crippen LogP contribution < -0.4 is 10.6 Å². The Balaban J connectivity index is 2.08. The minimum absolute atomic E-state index is 0.111. The van der Waals surface area contributed by atoms with Gasteiger partial charge in [0, 0.05) is 5.56 Å². The van der Waals surface area contributed by atoms with Gasteiger partial charge >= 0.3 is 0 Å². The number of rotatable bonds is 5. The average molecular weight is 284 g/mol. The van der Waals surface area contributed by atoms with Gasteiger partial charge in [0.05, 0.1) is 23.6 Å². The molecule has 2 aromatic rings. The zero-order chi connectivity index (χ0) is 15.3. The van der Waals surface area contributed by atoms with Gasteiger partial charge in [-0.2, -0.15) is 0 Å². The third kappa shape index (κ3) is 3.86. The zero-order valence-corrected chi connectivity index (χ0v) is 12.6. The Labute approximate surface area is 124 Å². The van der Waals surface area contributed by atoms with Gasteiger partial charge in [0.15, 0.2) is 5.82 Å². The molecule has 1 aromatic heterocycles. The molecule has 2 rings (SSSR count). The maximum absolute atomic E-state index is 12.1. The first-order valence-electron chi connectivity index (χ1n) is 6.97. The Morgan fingerprint density at radius 2 is 1.76 bits per heavy atom.